The van der Waals surface area contributed by atoms with Crippen molar-refractivity contribution >= 4 is 27.8 Å². The molecule has 0 bridgehead atoms. The van der Waals surface area contributed by atoms with E-state index >= 15 is 0 Å². The monoisotopic (exact) mass is 341 g/mol. The highest BCUT2D eigenvalue weighted by Gasteiger charge is 2.20. The number of hydrogen-bond donors (Lipinski definition) is 1. The summed E-state index contributed by atoms with van der Waals surface area (Å²) in [6.07, 6.45) is 0. The third-order valence-electron chi connectivity index (χ3n) is 4.38. The molecule has 0 aliphatic carbocycles. The molecule has 1 heterocycles. The Labute approximate surface area is 149 Å². The van der Waals surface area contributed by atoms with Gasteiger partial charge in [0.15, 0.2) is 0 Å². The van der Waals surface area contributed by atoms with Crippen LogP contribution in [0.4, 0.5) is 4.79 Å². The lowest BCUT2D eigenvalue weighted by Crippen LogP contribution is -2.31. The maximum atomic E-state index is 13.0. The third-order valence-corrected chi connectivity index (χ3v) is 4.38. The first-order chi connectivity index (χ1) is 12.7. The summed E-state index contributed by atoms with van der Waals surface area (Å²) in [7, 11) is 0. The number of carbonyl (C=O) groups excluding carboxylic acids is 1. The zero-order valence-corrected chi connectivity index (χ0v) is 13.8. The maximum Gasteiger partial charge on any atom is 0.353 e. The van der Waals surface area contributed by atoms with Gasteiger partial charge in [-0.1, -0.05) is 48.5 Å². The van der Waals surface area contributed by atoms with E-state index in [-0.39, 0.29) is 6.54 Å². The van der Waals surface area contributed by atoms with E-state index in [0.29, 0.717) is 16.2 Å². The summed E-state index contributed by atoms with van der Waals surface area (Å²) in [6, 6.07) is 23.6. The van der Waals surface area contributed by atoms with Gasteiger partial charge in [-0.25, -0.2) is 9.86 Å². The second-order valence-corrected chi connectivity index (χ2v) is 6.02. The van der Waals surface area contributed by atoms with Gasteiger partial charge in [-0.2, -0.15) is 5.26 Å². The SMILES string of the molecule is N#Cc1cccc(CN(O)C(=O)n2c3ccccc3c3ccccc32)c1. The van der Waals surface area contributed by atoms with Crippen LogP contribution in [-0.4, -0.2) is 20.9 Å². The van der Waals surface area contributed by atoms with E-state index < -0.39 is 6.03 Å². The van der Waals surface area contributed by atoms with Gasteiger partial charge >= 0.3 is 6.03 Å². The predicted octanol–water partition coefficient (Wildman–Crippen LogP) is 4.53. The molecule has 26 heavy (non-hydrogen) atoms. The number of aromatic nitrogens is 1. The van der Waals surface area contributed by atoms with Gasteiger partial charge < -0.3 is 0 Å². The molecular formula is C21H15N3O2. The Morgan fingerprint density at radius 1 is 0.962 bits per heavy atom. The lowest BCUT2D eigenvalue weighted by atomic mass is 10.1. The van der Waals surface area contributed by atoms with Crippen molar-refractivity contribution in [1.82, 2.24) is 9.63 Å². The number of hydrogen-bond acceptors (Lipinski definition) is 3. The zero-order chi connectivity index (χ0) is 18.1. The minimum absolute atomic E-state index is 0.00477. The second kappa shape index (κ2) is 6.36. The molecule has 0 radical (unpaired) electrons. The Kier molecular flexibility index (Phi) is 3.88. The van der Waals surface area contributed by atoms with Crippen molar-refractivity contribution in [2.75, 3.05) is 0 Å². The molecule has 0 aliphatic heterocycles. The summed E-state index contributed by atoms with van der Waals surface area (Å²) in [5, 5.41) is 22.0. The van der Waals surface area contributed by atoms with Gasteiger partial charge in [0, 0.05) is 10.8 Å². The number of rotatable bonds is 2. The highest BCUT2D eigenvalue weighted by atomic mass is 16.5. The van der Waals surface area contributed by atoms with Crippen LogP contribution in [0.15, 0.2) is 72.8 Å². The highest BCUT2D eigenvalue weighted by molar-refractivity contribution is 6.12. The number of fused-ring (bicyclic) bond motifs is 3. The van der Waals surface area contributed by atoms with E-state index in [1.54, 1.807) is 24.3 Å². The number of nitrogens with zero attached hydrogens (tertiary/aromatic N) is 3. The lowest BCUT2D eigenvalue weighted by Gasteiger charge is -2.17. The maximum absolute atomic E-state index is 13.0. The molecule has 5 nitrogen and oxygen atoms in total. The second-order valence-electron chi connectivity index (χ2n) is 6.02. The van der Waals surface area contributed by atoms with E-state index in [2.05, 4.69) is 6.07 Å². The summed E-state index contributed by atoms with van der Waals surface area (Å²) in [5.41, 5.74) is 2.65. The number of carbonyl (C=O) groups is 1. The fourth-order valence-electron chi connectivity index (χ4n) is 3.22. The average molecular weight is 341 g/mol. The predicted molar refractivity (Wildman–Crippen MR) is 98.7 cm³/mol. The van der Waals surface area contributed by atoms with Crippen molar-refractivity contribution in [3.8, 4) is 6.07 Å². The quantitative estimate of drug-likeness (QED) is 0.430. The van der Waals surface area contributed by atoms with Crippen LogP contribution in [0.1, 0.15) is 11.1 Å². The molecule has 0 unspecified atom stereocenters. The smallest absolute Gasteiger partial charge is 0.284 e. The Hall–Kier alpha value is -3.62. The molecule has 0 fully saturated rings. The van der Waals surface area contributed by atoms with E-state index in [1.165, 1.54) is 4.57 Å². The molecule has 126 valence electrons. The molecule has 1 aromatic heterocycles. The normalized spacial score (nSPS) is 10.8. The average Bonchev–Trinajstić information content (AvgIpc) is 3.02. The molecule has 0 saturated carbocycles. The van der Waals surface area contributed by atoms with Crippen LogP contribution >= 0.6 is 0 Å². The number of amides is 1. The summed E-state index contributed by atoms with van der Waals surface area (Å²) in [6.45, 7) is -0.00477. The van der Waals surface area contributed by atoms with Gasteiger partial charge in [0.2, 0.25) is 0 Å². The molecule has 0 atom stereocenters. The van der Waals surface area contributed by atoms with Gasteiger partial charge in [0.05, 0.1) is 29.2 Å². The molecular weight excluding hydrogens is 326 g/mol. The molecule has 5 heteroatoms. The van der Waals surface area contributed by atoms with E-state index in [4.69, 9.17) is 5.26 Å². The fourth-order valence-corrected chi connectivity index (χ4v) is 3.22. The van der Waals surface area contributed by atoms with Crippen molar-refractivity contribution in [3.05, 3.63) is 83.9 Å². The molecule has 0 spiro atoms. The van der Waals surface area contributed by atoms with E-state index in [9.17, 15) is 10.0 Å². The van der Waals surface area contributed by atoms with Crippen LogP contribution < -0.4 is 0 Å². The minimum atomic E-state index is -0.537. The van der Waals surface area contributed by atoms with Gasteiger partial charge in [-0.15, -0.1) is 0 Å². The van der Waals surface area contributed by atoms with Crippen LogP contribution in [0.3, 0.4) is 0 Å². The summed E-state index contributed by atoms with van der Waals surface area (Å²) < 4.78 is 1.51. The summed E-state index contributed by atoms with van der Waals surface area (Å²) in [5.74, 6) is 0. The van der Waals surface area contributed by atoms with Crippen molar-refractivity contribution in [2.24, 2.45) is 0 Å². The number of hydroxylamine groups is 2. The number of benzene rings is 3. The summed E-state index contributed by atoms with van der Waals surface area (Å²) >= 11 is 0. The highest BCUT2D eigenvalue weighted by Crippen LogP contribution is 2.29. The molecule has 4 aromatic rings. The van der Waals surface area contributed by atoms with Gasteiger partial charge in [-0.05, 0) is 29.8 Å². The largest absolute Gasteiger partial charge is 0.353 e. The van der Waals surface area contributed by atoms with E-state index in [1.807, 2.05) is 48.5 Å². The molecule has 3 aromatic carbocycles. The van der Waals surface area contributed by atoms with Crippen LogP contribution in [0.2, 0.25) is 0 Å². The number of para-hydroxylation sites is 2. The van der Waals surface area contributed by atoms with Crippen LogP contribution in [0.25, 0.3) is 21.8 Å². The van der Waals surface area contributed by atoms with Gasteiger partial charge in [0.25, 0.3) is 0 Å². The first kappa shape index (κ1) is 15.9. The Morgan fingerprint density at radius 2 is 1.58 bits per heavy atom. The Bertz CT molecular complexity index is 1120. The summed E-state index contributed by atoms with van der Waals surface area (Å²) in [4.78, 5) is 13.0. The topological polar surface area (TPSA) is 69.3 Å². The van der Waals surface area contributed by atoms with E-state index in [0.717, 1.165) is 21.8 Å². The Balaban J connectivity index is 1.76. The molecule has 4 rings (SSSR count). The molecule has 0 aliphatic rings. The minimum Gasteiger partial charge on any atom is -0.284 e. The van der Waals surface area contributed by atoms with Crippen LogP contribution in [0, 0.1) is 11.3 Å². The third kappa shape index (κ3) is 2.59. The standard InChI is InChI=1S/C21H15N3O2/c22-13-15-6-5-7-16(12-15)14-23(26)21(25)24-19-10-3-1-8-17(19)18-9-2-4-11-20(18)24/h1-12,26H,14H2. The van der Waals surface area contributed by atoms with Crippen LogP contribution in [-0.2, 0) is 6.54 Å². The van der Waals surface area contributed by atoms with Gasteiger partial charge in [0.1, 0.15) is 0 Å². The molecule has 1 N–H and O–H groups in total. The fraction of sp³-hybridized carbons (Fsp3) is 0.0476. The van der Waals surface area contributed by atoms with Gasteiger partial charge in [-0.3, -0.25) is 9.77 Å². The van der Waals surface area contributed by atoms with Crippen molar-refractivity contribution in [3.63, 3.8) is 0 Å². The van der Waals surface area contributed by atoms with Crippen molar-refractivity contribution < 1.29 is 10.0 Å². The molecule has 1 amide bonds. The Morgan fingerprint density at radius 3 is 2.19 bits per heavy atom. The van der Waals surface area contributed by atoms with Crippen molar-refractivity contribution in [1.29, 1.82) is 5.26 Å². The first-order valence-electron chi connectivity index (χ1n) is 8.17. The first-order valence-corrected chi connectivity index (χ1v) is 8.17. The van der Waals surface area contributed by atoms with Crippen LogP contribution in [0.5, 0.6) is 0 Å². The zero-order valence-electron chi connectivity index (χ0n) is 13.8. The molecule has 0 saturated heterocycles. The van der Waals surface area contributed by atoms with Crippen molar-refractivity contribution in [2.45, 2.75) is 6.54 Å². The number of nitriles is 1. The lowest BCUT2D eigenvalue weighted by molar-refractivity contribution is -0.0496.